The standard InChI is InChI=1S/C19H26N2O4/c1-12(2)8-16(19(24)25)21-18(23)11-20-17(22)10-13-6-7-14-4-3-5-15(14)9-13/h6-7,9,12,16H,3-5,8,10-11H2,1-2H3,(H,20,22)(H,21,23)(H,24,25)/t16-/m0/s1. The van der Waals surface area contributed by atoms with Crippen LogP contribution in [0, 0.1) is 5.92 Å². The van der Waals surface area contributed by atoms with Crippen LogP contribution >= 0.6 is 0 Å². The van der Waals surface area contributed by atoms with Gasteiger partial charge < -0.3 is 15.7 Å². The summed E-state index contributed by atoms with van der Waals surface area (Å²) in [7, 11) is 0. The van der Waals surface area contributed by atoms with E-state index in [1.165, 1.54) is 11.1 Å². The maximum absolute atomic E-state index is 12.0. The molecule has 1 aliphatic rings. The molecule has 25 heavy (non-hydrogen) atoms. The van der Waals surface area contributed by atoms with Crippen molar-refractivity contribution in [2.75, 3.05) is 6.54 Å². The summed E-state index contributed by atoms with van der Waals surface area (Å²) in [5.74, 6) is -1.65. The molecule has 0 spiro atoms. The average molecular weight is 346 g/mol. The quantitative estimate of drug-likeness (QED) is 0.664. The van der Waals surface area contributed by atoms with Gasteiger partial charge in [-0.25, -0.2) is 4.79 Å². The topological polar surface area (TPSA) is 95.5 Å². The molecule has 0 bridgehead atoms. The van der Waals surface area contributed by atoms with Crippen LogP contribution in [0.5, 0.6) is 0 Å². The lowest BCUT2D eigenvalue weighted by Gasteiger charge is -2.16. The maximum atomic E-state index is 12.0. The summed E-state index contributed by atoms with van der Waals surface area (Å²) in [5.41, 5.74) is 3.59. The van der Waals surface area contributed by atoms with Crippen molar-refractivity contribution in [3.63, 3.8) is 0 Å². The Labute approximate surface area is 148 Å². The minimum absolute atomic E-state index is 0.149. The fourth-order valence-corrected chi connectivity index (χ4v) is 3.10. The zero-order chi connectivity index (χ0) is 18.4. The Balaban J connectivity index is 1.79. The van der Waals surface area contributed by atoms with Crippen LogP contribution in [-0.4, -0.2) is 35.5 Å². The summed E-state index contributed by atoms with van der Waals surface area (Å²) in [5, 5.41) is 14.1. The third-order valence-corrected chi connectivity index (χ3v) is 4.31. The van der Waals surface area contributed by atoms with E-state index in [1.807, 2.05) is 19.9 Å². The number of carboxylic acid groups (broad SMARTS) is 1. The van der Waals surface area contributed by atoms with Crippen LogP contribution in [0.1, 0.15) is 43.4 Å². The number of hydrogen-bond donors (Lipinski definition) is 3. The van der Waals surface area contributed by atoms with Crippen LogP contribution in [0.25, 0.3) is 0 Å². The van der Waals surface area contributed by atoms with Gasteiger partial charge in [-0.15, -0.1) is 0 Å². The molecule has 2 amide bonds. The number of hydrogen-bond acceptors (Lipinski definition) is 3. The molecular weight excluding hydrogens is 320 g/mol. The van der Waals surface area contributed by atoms with E-state index in [0.717, 1.165) is 24.8 Å². The molecule has 6 nitrogen and oxygen atoms in total. The number of fused-ring (bicyclic) bond motifs is 1. The van der Waals surface area contributed by atoms with Crippen molar-refractivity contribution in [1.82, 2.24) is 10.6 Å². The van der Waals surface area contributed by atoms with Gasteiger partial charge in [-0.2, -0.15) is 0 Å². The van der Waals surface area contributed by atoms with Crippen molar-refractivity contribution in [1.29, 1.82) is 0 Å². The maximum Gasteiger partial charge on any atom is 0.326 e. The van der Waals surface area contributed by atoms with E-state index in [9.17, 15) is 14.4 Å². The highest BCUT2D eigenvalue weighted by Gasteiger charge is 2.21. The summed E-state index contributed by atoms with van der Waals surface area (Å²) in [6.45, 7) is 3.56. The van der Waals surface area contributed by atoms with Crippen LogP contribution in [0.4, 0.5) is 0 Å². The van der Waals surface area contributed by atoms with Crippen molar-refractivity contribution >= 4 is 17.8 Å². The third kappa shape index (κ3) is 5.89. The SMILES string of the molecule is CC(C)C[C@H](NC(=O)CNC(=O)Cc1ccc2c(c1)CCC2)C(=O)O. The van der Waals surface area contributed by atoms with Gasteiger partial charge in [0.1, 0.15) is 6.04 Å². The van der Waals surface area contributed by atoms with Crippen LogP contribution in [0.2, 0.25) is 0 Å². The highest BCUT2D eigenvalue weighted by molar-refractivity contribution is 5.88. The molecule has 0 fully saturated rings. The highest BCUT2D eigenvalue weighted by Crippen LogP contribution is 2.22. The van der Waals surface area contributed by atoms with Gasteiger partial charge in [0, 0.05) is 0 Å². The number of carbonyl (C=O) groups is 3. The van der Waals surface area contributed by atoms with Gasteiger partial charge in [0.15, 0.2) is 0 Å². The first-order valence-electron chi connectivity index (χ1n) is 8.74. The van der Waals surface area contributed by atoms with Crippen LogP contribution in [0.15, 0.2) is 18.2 Å². The molecule has 1 aromatic carbocycles. The molecule has 0 unspecified atom stereocenters. The number of aliphatic carboxylic acids is 1. The van der Waals surface area contributed by atoms with Crippen molar-refractivity contribution in [3.05, 3.63) is 34.9 Å². The second kappa shape index (κ2) is 8.65. The fraction of sp³-hybridized carbons (Fsp3) is 0.526. The molecule has 1 aromatic rings. The number of amides is 2. The predicted octanol–water partition coefficient (Wildman–Crippen LogP) is 1.45. The summed E-state index contributed by atoms with van der Waals surface area (Å²) >= 11 is 0. The summed E-state index contributed by atoms with van der Waals surface area (Å²) in [6, 6.07) is 5.15. The average Bonchev–Trinajstić information content (AvgIpc) is 2.99. The number of aryl methyl sites for hydroxylation is 2. The molecule has 0 heterocycles. The van der Waals surface area contributed by atoms with E-state index in [1.54, 1.807) is 0 Å². The number of carboxylic acids is 1. The van der Waals surface area contributed by atoms with Crippen molar-refractivity contribution in [3.8, 4) is 0 Å². The van der Waals surface area contributed by atoms with Gasteiger partial charge in [0.25, 0.3) is 0 Å². The summed E-state index contributed by atoms with van der Waals surface area (Å²) in [6.07, 6.45) is 3.88. The van der Waals surface area contributed by atoms with Gasteiger partial charge in [0.2, 0.25) is 11.8 Å². The van der Waals surface area contributed by atoms with Gasteiger partial charge in [0.05, 0.1) is 13.0 Å². The first-order valence-corrected chi connectivity index (χ1v) is 8.74. The molecule has 1 atom stereocenters. The monoisotopic (exact) mass is 346 g/mol. The minimum atomic E-state index is -1.06. The lowest BCUT2D eigenvalue weighted by atomic mass is 10.0. The van der Waals surface area contributed by atoms with Crippen LogP contribution in [-0.2, 0) is 33.6 Å². The zero-order valence-corrected chi connectivity index (χ0v) is 14.8. The van der Waals surface area contributed by atoms with Gasteiger partial charge in [-0.1, -0.05) is 32.0 Å². The third-order valence-electron chi connectivity index (χ3n) is 4.31. The Morgan fingerprint density at radius 3 is 2.52 bits per heavy atom. The molecular formula is C19H26N2O4. The zero-order valence-electron chi connectivity index (χ0n) is 14.8. The molecule has 2 rings (SSSR count). The first-order chi connectivity index (χ1) is 11.8. The van der Waals surface area contributed by atoms with E-state index in [-0.39, 0.29) is 24.8 Å². The predicted molar refractivity (Wildman–Crippen MR) is 94.2 cm³/mol. The lowest BCUT2D eigenvalue weighted by Crippen LogP contribution is -2.46. The van der Waals surface area contributed by atoms with E-state index < -0.39 is 17.9 Å². The number of rotatable bonds is 8. The molecule has 1 aliphatic carbocycles. The normalized spacial score (nSPS) is 14.0. The van der Waals surface area contributed by atoms with Crippen molar-refractivity contribution in [2.24, 2.45) is 5.92 Å². The molecule has 0 aliphatic heterocycles. The van der Waals surface area contributed by atoms with Crippen LogP contribution < -0.4 is 10.6 Å². The first kappa shape index (κ1) is 19.0. The van der Waals surface area contributed by atoms with Crippen molar-refractivity contribution in [2.45, 2.75) is 52.0 Å². The molecule has 0 aromatic heterocycles. The summed E-state index contributed by atoms with van der Waals surface area (Å²) < 4.78 is 0. The Bertz CT molecular complexity index is 655. The van der Waals surface area contributed by atoms with E-state index in [2.05, 4.69) is 22.8 Å². The molecule has 136 valence electrons. The van der Waals surface area contributed by atoms with Gasteiger partial charge in [-0.05, 0) is 48.3 Å². The Morgan fingerprint density at radius 1 is 1.12 bits per heavy atom. The molecule has 0 saturated carbocycles. The molecule has 0 radical (unpaired) electrons. The summed E-state index contributed by atoms with van der Waals surface area (Å²) in [4.78, 5) is 35.0. The lowest BCUT2D eigenvalue weighted by molar-refractivity contribution is -0.142. The van der Waals surface area contributed by atoms with Crippen LogP contribution in [0.3, 0.4) is 0 Å². The number of nitrogens with one attached hydrogen (secondary N) is 2. The minimum Gasteiger partial charge on any atom is -0.480 e. The van der Waals surface area contributed by atoms with Gasteiger partial charge in [-0.3, -0.25) is 9.59 Å². The fourth-order valence-electron chi connectivity index (χ4n) is 3.10. The molecule has 3 N–H and O–H groups in total. The largest absolute Gasteiger partial charge is 0.480 e. The Morgan fingerprint density at radius 2 is 1.84 bits per heavy atom. The van der Waals surface area contributed by atoms with E-state index in [4.69, 9.17) is 5.11 Å². The van der Waals surface area contributed by atoms with Crippen molar-refractivity contribution < 1.29 is 19.5 Å². The second-order valence-electron chi connectivity index (χ2n) is 7.00. The number of carbonyl (C=O) groups excluding carboxylic acids is 2. The van der Waals surface area contributed by atoms with E-state index >= 15 is 0 Å². The van der Waals surface area contributed by atoms with E-state index in [0.29, 0.717) is 6.42 Å². The Hall–Kier alpha value is -2.37. The Kier molecular flexibility index (Phi) is 6.56. The van der Waals surface area contributed by atoms with Gasteiger partial charge >= 0.3 is 5.97 Å². The number of benzene rings is 1. The highest BCUT2D eigenvalue weighted by atomic mass is 16.4. The second-order valence-corrected chi connectivity index (χ2v) is 7.00. The smallest absolute Gasteiger partial charge is 0.326 e. The molecule has 6 heteroatoms. The molecule has 0 saturated heterocycles.